The van der Waals surface area contributed by atoms with Crippen LogP contribution in [0.5, 0.6) is 5.75 Å². The van der Waals surface area contributed by atoms with Crippen molar-refractivity contribution in [2.75, 3.05) is 10.5 Å². The molecule has 2 aromatic rings. The van der Waals surface area contributed by atoms with Crippen LogP contribution in [0.2, 0.25) is 0 Å². The number of aromatic hydroxyl groups is 1. The van der Waals surface area contributed by atoms with Crippen molar-refractivity contribution in [3.63, 3.8) is 0 Å². The van der Waals surface area contributed by atoms with Gasteiger partial charge in [-0.05, 0) is 32.0 Å². The SMILES string of the molecule is Cc1cc(C)nc(NS(=O)(=O)c2ccc(N)c(O)c2)n1. The van der Waals surface area contributed by atoms with E-state index in [-0.39, 0.29) is 22.3 Å². The fraction of sp³-hybridized carbons (Fsp3) is 0.167. The number of nitrogen functional groups attached to an aromatic ring is 1. The molecule has 0 saturated heterocycles. The molecule has 20 heavy (non-hydrogen) atoms. The largest absolute Gasteiger partial charge is 0.506 e. The number of phenolic OH excluding ortho intramolecular Hbond substituents is 1. The Balaban J connectivity index is 2.37. The molecule has 1 heterocycles. The Morgan fingerprint density at radius 3 is 2.30 bits per heavy atom. The fourth-order valence-corrected chi connectivity index (χ4v) is 2.60. The minimum absolute atomic E-state index is 0.0150. The summed E-state index contributed by atoms with van der Waals surface area (Å²) >= 11 is 0. The van der Waals surface area contributed by atoms with Gasteiger partial charge in [0.25, 0.3) is 10.0 Å². The molecule has 0 aliphatic rings. The summed E-state index contributed by atoms with van der Waals surface area (Å²) in [4.78, 5) is 7.87. The second kappa shape index (κ2) is 4.97. The van der Waals surface area contributed by atoms with Gasteiger partial charge in [-0.25, -0.2) is 23.1 Å². The van der Waals surface area contributed by atoms with Crippen LogP contribution in [0.4, 0.5) is 11.6 Å². The highest BCUT2D eigenvalue weighted by molar-refractivity contribution is 7.92. The molecule has 0 fully saturated rings. The summed E-state index contributed by atoms with van der Waals surface area (Å²) in [6.07, 6.45) is 0. The zero-order chi connectivity index (χ0) is 14.9. The molecule has 7 nitrogen and oxygen atoms in total. The number of sulfonamides is 1. The normalized spacial score (nSPS) is 11.3. The fourth-order valence-electron chi connectivity index (χ4n) is 1.64. The number of nitrogens with one attached hydrogen (secondary N) is 1. The van der Waals surface area contributed by atoms with Gasteiger partial charge in [0, 0.05) is 17.5 Å². The second-order valence-corrected chi connectivity index (χ2v) is 5.98. The van der Waals surface area contributed by atoms with Crippen molar-refractivity contribution in [2.24, 2.45) is 0 Å². The Morgan fingerprint density at radius 2 is 1.75 bits per heavy atom. The number of anilines is 2. The van der Waals surface area contributed by atoms with Gasteiger partial charge in [-0.2, -0.15) is 0 Å². The summed E-state index contributed by atoms with van der Waals surface area (Å²) in [5, 5.41) is 9.47. The van der Waals surface area contributed by atoms with Gasteiger partial charge < -0.3 is 10.8 Å². The summed E-state index contributed by atoms with van der Waals surface area (Å²) in [6, 6.07) is 5.40. The van der Waals surface area contributed by atoms with E-state index in [2.05, 4.69) is 14.7 Å². The van der Waals surface area contributed by atoms with Crippen LogP contribution in [0.25, 0.3) is 0 Å². The van der Waals surface area contributed by atoms with E-state index in [1.807, 2.05) is 0 Å². The molecule has 0 radical (unpaired) electrons. The number of hydrogen-bond donors (Lipinski definition) is 3. The molecule has 0 aliphatic heterocycles. The van der Waals surface area contributed by atoms with Crippen molar-refractivity contribution in [1.82, 2.24) is 9.97 Å². The molecule has 0 atom stereocenters. The average molecular weight is 294 g/mol. The monoisotopic (exact) mass is 294 g/mol. The summed E-state index contributed by atoms with van der Waals surface area (Å²) in [5.74, 6) is -0.312. The van der Waals surface area contributed by atoms with Crippen molar-refractivity contribution in [3.8, 4) is 5.75 Å². The Kier molecular flexibility index (Phi) is 3.49. The lowest BCUT2D eigenvalue weighted by Gasteiger charge is -2.08. The number of phenols is 1. The van der Waals surface area contributed by atoms with Crippen LogP contribution in [-0.4, -0.2) is 23.5 Å². The number of nitrogens with zero attached hydrogens (tertiary/aromatic N) is 2. The predicted molar refractivity (Wildman–Crippen MR) is 74.8 cm³/mol. The van der Waals surface area contributed by atoms with Crippen LogP contribution in [0.3, 0.4) is 0 Å². The highest BCUT2D eigenvalue weighted by Crippen LogP contribution is 2.24. The third-order valence-corrected chi connectivity index (χ3v) is 3.85. The average Bonchev–Trinajstić information content (AvgIpc) is 2.30. The van der Waals surface area contributed by atoms with Gasteiger partial charge in [-0.1, -0.05) is 0 Å². The lowest BCUT2D eigenvalue weighted by atomic mass is 10.3. The molecule has 0 aliphatic carbocycles. The molecule has 1 aromatic heterocycles. The lowest BCUT2D eigenvalue weighted by molar-refractivity contribution is 0.476. The highest BCUT2D eigenvalue weighted by atomic mass is 32.2. The van der Waals surface area contributed by atoms with Crippen LogP contribution in [0.15, 0.2) is 29.2 Å². The first kappa shape index (κ1) is 14.1. The maximum Gasteiger partial charge on any atom is 0.264 e. The minimum Gasteiger partial charge on any atom is -0.506 e. The molecule has 0 unspecified atom stereocenters. The third-order valence-electron chi connectivity index (χ3n) is 2.52. The van der Waals surface area contributed by atoms with E-state index in [1.54, 1.807) is 19.9 Å². The first-order valence-electron chi connectivity index (χ1n) is 5.71. The van der Waals surface area contributed by atoms with E-state index >= 15 is 0 Å². The van der Waals surface area contributed by atoms with Crippen LogP contribution in [-0.2, 0) is 10.0 Å². The van der Waals surface area contributed by atoms with E-state index in [0.717, 1.165) is 6.07 Å². The molecule has 8 heteroatoms. The van der Waals surface area contributed by atoms with E-state index in [0.29, 0.717) is 11.4 Å². The summed E-state index contributed by atoms with van der Waals surface area (Å²) in [5.41, 5.74) is 6.83. The number of hydrogen-bond acceptors (Lipinski definition) is 6. The molecule has 0 spiro atoms. The number of benzene rings is 1. The van der Waals surface area contributed by atoms with Crippen LogP contribution in [0.1, 0.15) is 11.4 Å². The van der Waals surface area contributed by atoms with Gasteiger partial charge in [0.2, 0.25) is 5.95 Å². The number of aryl methyl sites for hydroxylation is 2. The van der Waals surface area contributed by atoms with Gasteiger partial charge in [-0.3, -0.25) is 0 Å². The molecule has 4 N–H and O–H groups in total. The number of aromatic nitrogens is 2. The molecule has 0 saturated carbocycles. The smallest absolute Gasteiger partial charge is 0.264 e. The summed E-state index contributed by atoms with van der Waals surface area (Å²) in [6.45, 7) is 3.48. The molecule has 106 valence electrons. The maximum atomic E-state index is 12.1. The second-order valence-electron chi connectivity index (χ2n) is 4.30. The molecule has 0 bridgehead atoms. The topological polar surface area (TPSA) is 118 Å². The Labute approximate surface area is 116 Å². The molecule has 0 amide bonds. The highest BCUT2D eigenvalue weighted by Gasteiger charge is 2.17. The minimum atomic E-state index is -3.88. The van der Waals surface area contributed by atoms with Crippen molar-refractivity contribution < 1.29 is 13.5 Å². The van der Waals surface area contributed by atoms with E-state index in [4.69, 9.17) is 5.73 Å². The van der Waals surface area contributed by atoms with Gasteiger partial charge >= 0.3 is 0 Å². The first-order chi connectivity index (χ1) is 9.28. The number of nitrogens with two attached hydrogens (primary N) is 1. The zero-order valence-corrected chi connectivity index (χ0v) is 11.8. The number of rotatable bonds is 3. The van der Waals surface area contributed by atoms with Gasteiger partial charge in [0.1, 0.15) is 5.75 Å². The van der Waals surface area contributed by atoms with Crippen molar-refractivity contribution in [2.45, 2.75) is 18.7 Å². The van der Waals surface area contributed by atoms with E-state index in [1.165, 1.54) is 12.1 Å². The first-order valence-corrected chi connectivity index (χ1v) is 7.20. The standard InChI is InChI=1S/C12H14N4O3S/c1-7-5-8(2)15-12(14-7)16-20(18,19)9-3-4-10(13)11(17)6-9/h3-6,17H,13H2,1-2H3,(H,14,15,16). The zero-order valence-electron chi connectivity index (χ0n) is 11.0. The van der Waals surface area contributed by atoms with Gasteiger partial charge in [0.15, 0.2) is 0 Å². The Morgan fingerprint density at radius 1 is 1.15 bits per heavy atom. The van der Waals surface area contributed by atoms with E-state index in [9.17, 15) is 13.5 Å². The maximum absolute atomic E-state index is 12.1. The van der Waals surface area contributed by atoms with Crippen molar-refractivity contribution >= 4 is 21.7 Å². The van der Waals surface area contributed by atoms with Crippen molar-refractivity contribution in [3.05, 3.63) is 35.7 Å². The van der Waals surface area contributed by atoms with Crippen LogP contribution >= 0.6 is 0 Å². The molecule has 1 aromatic carbocycles. The van der Waals surface area contributed by atoms with Crippen LogP contribution in [0, 0.1) is 13.8 Å². The van der Waals surface area contributed by atoms with Gasteiger partial charge in [0.05, 0.1) is 10.6 Å². The summed E-state index contributed by atoms with van der Waals surface area (Å²) in [7, 11) is -3.88. The lowest BCUT2D eigenvalue weighted by Crippen LogP contribution is -2.15. The van der Waals surface area contributed by atoms with E-state index < -0.39 is 10.0 Å². The Hall–Kier alpha value is -2.35. The molecular formula is C12H14N4O3S. The molecular weight excluding hydrogens is 280 g/mol. The molecule has 2 rings (SSSR count). The predicted octanol–water partition coefficient (Wildman–Crippen LogP) is 1.18. The van der Waals surface area contributed by atoms with Crippen LogP contribution < -0.4 is 10.5 Å². The third kappa shape index (κ3) is 2.97. The Bertz CT molecular complexity index is 739. The summed E-state index contributed by atoms with van der Waals surface area (Å²) < 4.78 is 26.6. The quantitative estimate of drug-likeness (QED) is 0.578. The van der Waals surface area contributed by atoms with Crippen molar-refractivity contribution in [1.29, 1.82) is 0 Å². The van der Waals surface area contributed by atoms with Gasteiger partial charge in [-0.15, -0.1) is 0 Å².